The third kappa shape index (κ3) is 4.48. The van der Waals surface area contributed by atoms with E-state index < -0.39 is 23.8 Å². The molecule has 1 N–H and O–H groups in total. The van der Waals surface area contributed by atoms with Gasteiger partial charge in [-0.05, 0) is 26.0 Å². The van der Waals surface area contributed by atoms with Crippen molar-refractivity contribution >= 4 is 5.91 Å². The number of pyridine rings is 1. The minimum Gasteiger partial charge on any atom is -0.375 e. The molecule has 2 atom stereocenters. The fourth-order valence-electron chi connectivity index (χ4n) is 2.61. The molecule has 0 saturated heterocycles. The summed E-state index contributed by atoms with van der Waals surface area (Å²) < 4.78 is 49.7. The molecule has 0 aromatic carbocycles. The molecule has 0 fully saturated rings. The van der Waals surface area contributed by atoms with E-state index in [2.05, 4.69) is 25.5 Å². The largest absolute Gasteiger partial charge is 0.435 e. The van der Waals surface area contributed by atoms with Gasteiger partial charge in [0.1, 0.15) is 11.7 Å². The van der Waals surface area contributed by atoms with Crippen molar-refractivity contribution in [3.8, 4) is 11.4 Å². The number of ether oxygens (including phenoxy) is 1. The second-order valence-corrected chi connectivity index (χ2v) is 6.53. The van der Waals surface area contributed by atoms with Gasteiger partial charge in [0.2, 0.25) is 11.7 Å². The van der Waals surface area contributed by atoms with Crippen LogP contribution in [0, 0.1) is 0 Å². The average Bonchev–Trinajstić information content (AvgIpc) is 3.34. The zero-order chi connectivity index (χ0) is 22.1. The van der Waals surface area contributed by atoms with Crippen LogP contribution in [0.3, 0.4) is 0 Å². The van der Waals surface area contributed by atoms with Gasteiger partial charge in [-0.1, -0.05) is 5.16 Å². The molecule has 0 aliphatic heterocycles. The van der Waals surface area contributed by atoms with Crippen molar-refractivity contribution in [2.75, 3.05) is 7.11 Å². The van der Waals surface area contributed by atoms with Gasteiger partial charge in [0.15, 0.2) is 5.69 Å². The topological polar surface area (TPSA) is 108 Å². The third-order valence-electron chi connectivity index (χ3n) is 4.37. The lowest BCUT2D eigenvalue weighted by atomic mass is 10.1. The molecule has 0 radical (unpaired) electrons. The number of aromatic nitrogens is 5. The normalized spacial score (nSPS) is 13.8. The highest BCUT2D eigenvalue weighted by molar-refractivity contribution is 5.92. The summed E-state index contributed by atoms with van der Waals surface area (Å²) in [5.74, 6) is -0.388. The second kappa shape index (κ2) is 8.22. The highest BCUT2D eigenvalue weighted by Gasteiger charge is 2.35. The number of hydrogen-bond donors (Lipinski definition) is 1. The second-order valence-electron chi connectivity index (χ2n) is 6.53. The molecule has 30 heavy (non-hydrogen) atoms. The zero-order valence-corrected chi connectivity index (χ0v) is 16.6. The van der Waals surface area contributed by atoms with E-state index in [1.807, 2.05) is 6.92 Å². The van der Waals surface area contributed by atoms with E-state index in [9.17, 15) is 18.0 Å². The number of nitrogens with zero attached hydrogens (tertiary/aromatic N) is 5. The van der Waals surface area contributed by atoms with Crippen molar-refractivity contribution in [1.82, 2.24) is 30.2 Å². The number of hydrogen-bond acceptors (Lipinski definition) is 7. The van der Waals surface area contributed by atoms with E-state index in [0.717, 1.165) is 4.68 Å². The van der Waals surface area contributed by atoms with E-state index in [-0.39, 0.29) is 23.5 Å². The van der Waals surface area contributed by atoms with Gasteiger partial charge in [-0.3, -0.25) is 14.5 Å². The highest BCUT2D eigenvalue weighted by Crippen LogP contribution is 2.28. The molecule has 1 amide bonds. The van der Waals surface area contributed by atoms with E-state index in [0.29, 0.717) is 17.3 Å². The quantitative estimate of drug-likeness (QED) is 0.648. The number of nitrogens with one attached hydrogen (secondary N) is 1. The van der Waals surface area contributed by atoms with Crippen LogP contribution in [0.5, 0.6) is 0 Å². The maximum Gasteiger partial charge on any atom is 0.435 e. The molecule has 160 valence electrons. The summed E-state index contributed by atoms with van der Waals surface area (Å²) in [5, 5.41) is 9.74. The van der Waals surface area contributed by atoms with Gasteiger partial charge in [0, 0.05) is 32.0 Å². The van der Waals surface area contributed by atoms with Gasteiger partial charge < -0.3 is 14.6 Å². The fraction of sp³-hybridized carbons (Fsp3) is 0.389. The summed E-state index contributed by atoms with van der Waals surface area (Å²) >= 11 is 0. The van der Waals surface area contributed by atoms with Crippen molar-refractivity contribution in [2.24, 2.45) is 7.05 Å². The molecular weight excluding hydrogens is 405 g/mol. The van der Waals surface area contributed by atoms with Crippen molar-refractivity contribution in [2.45, 2.75) is 32.2 Å². The number of halogens is 3. The number of amides is 1. The number of methoxy groups -OCH3 is 1. The molecule has 0 bridgehead atoms. The summed E-state index contributed by atoms with van der Waals surface area (Å²) in [5.41, 5.74) is -0.0823. The van der Waals surface area contributed by atoms with Gasteiger partial charge in [-0.2, -0.15) is 23.3 Å². The van der Waals surface area contributed by atoms with Gasteiger partial charge >= 0.3 is 6.18 Å². The van der Waals surface area contributed by atoms with Crippen molar-refractivity contribution in [1.29, 1.82) is 0 Å². The molecule has 0 saturated carbocycles. The first kappa shape index (κ1) is 21.4. The van der Waals surface area contributed by atoms with Crippen LogP contribution in [0.25, 0.3) is 11.4 Å². The molecule has 3 aromatic heterocycles. The SMILES string of the molecule is COC(C)c1cc(-c2noc(C(C)NC(=O)c3cc(C(F)(F)F)nn3C)n2)ccn1. The Kier molecular flexibility index (Phi) is 5.87. The Hall–Kier alpha value is -3.28. The van der Waals surface area contributed by atoms with Gasteiger partial charge in [0.25, 0.3) is 5.91 Å². The first-order valence-corrected chi connectivity index (χ1v) is 8.85. The fourth-order valence-corrected chi connectivity index (χ4v) is 2.61. The molecule has 9 nitrogen and oxygen atoms in total. The minimum atomic E-state index is -4.65. The molecule has 0 aliphatic carbocycles. The monoisotopic (exact) mass is 424 g/mol. The van der Waals surface area contributed by atoms with Gasteiger partial charge in [-0.15, -0.1) is 0 Å². The van der Waals surface area contributed by atoms with Gasteiger partial charge in [0.05, 0.1) is 11.8 Å². The number of aryl methyl sites for hydroxylation is 1. The zero-order valence-electron chi connectivity index (χ0n) is 16.6. The number of carbonyl (C=O) groups excluding carboxylic acids is 1. The Bertz CT molecular complexity index is 1050. The maximum atomic E-state index is 12.8. The Morgan fingerprint density at radius 2 is 2.03 bits per heavy atom. The van der Waals surface area contributed by atoms with Crippen LogP contribution in [0.15, 0.2) is 28.9 Å². The highest BCUT2D eigenvalue weighted by atomic mass is 19.4. The summed E-state index contributed by atoms with van der Waals surface area (Å²) in [4.78, 5) is 20.8. The summed E-state index contributed by atoms with van der Waals surface area (Å²) in [6.45, 7) is 3.41. The molecule has 12 heteroatoms. The Morgan fingerprint density at radius 1 is 1.30 bits per heavy atom. The van der Waals surface area contributed by atoms with Crippen molar-refractivity contribution in [3.63, 3.8) is 0 Å². The van der Waals surface area contributed by atoms with Crippen LogP contribution in [-0.4, -0.2) is 37.9 Å². The van der Waals surface area contributed by atoms with Crippen LogP contribution in [0.4, 0.5) is 13.2 Å². The Balaban J connectivity index is 1.75. The lowest BCUT2D eigenvalue weighted by molar-refractivity contribution is -0.141. The van der Waals surface area contributed by atoms with Crippen LogP contribution < -0.4 is 5.32 Å². The van der Waals surface area contributed by atoms with E-state index in [4.69, 9.17) is 9.26 Å². The first-order chi connectivity index (χ1) is 14.1. The molecule has 3 heterocycles. The summed E-state index contributed by atoms with van der Waals surface area (Å²) in [6.07, 6.45) is -3.29. The predicted octanol–water partition coefficient (Wildman–Crippen LogP) is 3.08. The van der Waals surface area contributed by atoms with Crippen LogP contribution in [0.2, 0.25) is 0 Å². The number of carbonyl (C=O) groups is 1. The smallest absolute Gasteiger partial charge is 0.375 e. The van der Waals surface area contributed by atoms with E-state index in [1.54, 1.807) is 32.4 Å². The Morgan fingerprint density at radius 3 is 2.67 bits per heavy atom. The van der Waals surface area contributed by atoms with E-state index in [1.165, 1.54) is 7.05 Å². The Labute approximate surface area is 169 Å². The number of alkyl halides is 3. The molecule has 0 aliphatic rings. The lowest BCUT2D eigenvalue weighted by Crippen LogP contribution is -2.28. The van der Waals surface area contributed by atoms with Crippen LogP contribution in [-0.2, 0) is 18.0 Å². The van der Waals surface area contributed by atoms with Gasteiger partial charge in [-0.25, -0.2) is 0 Å². The van der Waals surface area contributed by atoms with Crippen LogP contribution in [0.1, 0.15) is 53.8 Å². The molecule has 2 unspecified atom stereocenters. The molecular formula is C18H19F3N6O3. The maximum absolute atomic E-state index is 12.8. The van der Waals surface area contributed by atoms with E-state index >= 15 is 0 Å². The standard InChI is InChI=1S/C18H19F3N6O3/c1-9(23-16(28)13-8-14(18(19,20)21)25-27(13)3)17-24-15(26-30-17)11-5-6-22-12(7-11)10(2)29-4/h5-10H,1-4H3,(H,23,28). The third-order valence-corrected chi connectivity index (χ3v) is 4.37. The molecule has 3 rings (SSSR count). The average molecular weight is 424 g/mol. The van der Waals surface area contributed by atoms with Crippen molar-refractivity contribution in [3.05, 3.63) is 47.4 Å². The number of rotatable bonds is 6. The summed E-state index contributed by atoms with van der Waals surface area (Å²) in [7, 11) is 2.82. The molecule has 0 spiro atoms. The minimum absolute atomic E-state index is 0.0923. The van der Waals surface area contributed by atoms with Crippen LogP contribution >= 0.6 is 0 Å². The molecule has 3 aromatic rings. The lowest BCUT2D eigenvalue weighted by Gasteiger charge is -2.09. The summed E-state index contributed by atoms with van der Waals surface area (Å²) in [6, 6.07) is 3.37. The van der Waals surface area contributed by atoms with Crippen molar-refractivity contribution < 1.29 is 27.2 Å². The predicted molar refractivity (Wildman–Crippen MR) is 97.0 cm³/mol. The first-order valence-electron chi connectivity index (χ1n) is 8.85.